The van der Waals surface area contributed by atoms with Gasteiger partial charge in [-0.15, -0.1) is 0 Å². The normalized spacial score (nSPS) is 17.2. The fourth-order valence-corrected chi connectivity index (χ4v) is 2.85. The minimum absolute atomic E-state index is 0.177. The molecule has 0 fully saturated rings. The summed E-state index contributed by atoms with van der Waals surface area (Å²) in [6, 6.07) is 8.81. The second-order valence-corrected chi connectivity index (χ2v) is 7.28. The summed E-state index contributed by atoms with van der Waals surface area (Å²) in [6.45, 7) is 7.00. The molecular formula is C17H28N2+2. The lowest BCUT2D eigenvalue weighted by molar-refractivity contribution is -0.870. The first kappa shape index (κ1) is 14.3. The molecule has 19 heavy (non-hydrogen) atoms. The van der Waals surface area contributed by atoms with E-state index in [4.69, 9.17) is 0 Å². The minimum Gasteiger partial charge on any atom is -0.331 e. The van der Waals surface area contributed by atoms with E-state index in [1.165, 1.54) is 30.6 Å². The van der Waals surface area contributed by atoms with E-state index in [1.807, 2.05) is 0 Å². The lowest BCUT2D eigenvalue weighted by atomic mass is 9.87. The average molecular weight is 260 g/mol. The van der Waals surface area contributed by atoms with Crippen LogP contribution >= 0.6 is 0 Å². The molecule has 2 rings (SSSR count). The Balaban J connectivity index is 1.99. The lowest BCUT2D eigenvalue weighted by Gasteiger charge is -2.23. The summed E-state index contributed by atoms with van der Waals surface area (Å²) in [7, 11) is 6.79. The Morgan fingerprint density at radius 1 is 1.05 bits per heavy atom. The van der Waals surface area contributed by atoms with E-state index in [1.54, 1.807) is 0 Å². The van der Waals surface area contributed by atoms with Crippen molar-refractivity contribution in [3.05, 3.63) is 29.8 Å². The van der Waals surface area contributed by atoms with Gasteiger partial charge in [-0.05, 0) is 13.8 Å². The largest absolute Gasteiger partial charge is 0.331 e. The van der Waals surface area contributed by atoms with Gasteiger partial charge in [0.15, 0.2) is 6.21 Å². The SMILES string of the molecule is CC1(C)C=[N+](CCCC[N+](C)(C)C)c2ccccc21. The number of fused-ring (bicyclic) bond motifs is 1. The fraction of sp³-hybridized carbons (Fsp3) is 0.588. The Bertz CT molecular complexity index is 478. The van der Waals surface area contributed by atoms with Gasteiger partial charge in [-0.2, -0.15) is 0 Å². The number of hydrogen-bond acceptors (Lipinski definition) is 0. The standard InChI is InChI=1S/C17H28N2/c1-17(2)14-18(12-8-9-13-19(3,4)5)16-11-7-6-10-15(16)17/h6-7,10-11,14H,8-9,12-13H2,1-5H3/q+2. The number of para-hydroxylation sites is 1. The molecule has 0 bridgehead atoms. The van der Waals surface area contributed by atoms with Crippen LogP contribution in [0.15, 0.2) is 24.3 Å². The van der Waals surface area contributed by atoms with E-state index in [0.29, 0.717) is 0 Å². The Morgan fingerprint density at radius 3 is 2.42 bits per heavy atom. The maximum Gasteiger partial charge on any atom is 0.209 e. The van der Waals surface area contributed by atoms with Crippen molar-refractivity contribution < 1.29 is 9.06 Å². The van der Waals surface area contributed by atoms with E-state index in [0.717, 1.165) is 11.0 Å². The molecule has 0 spiro atoms. The van der Waals surface area contributed by atoms with Crippen molar-refractivity contribution in [1.29, 1.82) is 0 Å². The van der Waals surface area contributed by atoms with Crippen LogP contribution in [-0.2, 0) is 5.41 Å². The molecule has 0 saturated carbocycles. The highest BCUT2D eigenvalue weighted by molar-refractivity contribution is 5.76. The second-order valence-electron chi connectivity index (χ2n) is 7.28. The van der Waals surface area contributed by atoms with Crippen molar-refractivity contribution in [2.75, 3.05) is 34.2 Å². The van der Waals surface area contributed by atoms with Crippen LogP contribution in [0.25, 0.3) is 0 Å². The third-order valence-electron chi connectivity index (χ3n) is 3.86. The van der Waals surface area contributed by atoms with Gasteiger partial charge >= 0.3 is 0 Å². The average Bonchev–Trinajstić information content (AvgIpc) is 2.57. The van der Waals surface area contributed by atoms with Gasteiger partial charge in [0.05, 0.1) is 33.1 Å². The third kappa shape index (κ3) is 3.44. The molecule has 104 valence electrons. The Labute approximate surface area is 118 Å². The maximum atomic E-state index is 2.45. The zero-order valence-corrected chi connectivity index (χ0v) is 13.1. The van der Waals surface area contributed by atoms with Crippen molar-refractivity contribution in [3.8, 4) is 0 Å². The summed E-state index contributed by atoms with van der Waals surface area (Å²) in [6.07, 6.45) is 4.94. The molecular weight excluding hydrogens is 232 g/mol. The van der Waals surface area contributed by atoms with Crippen LogP contribution in [0.4, 0.5) is 5.69 Å². The van der Waals surface area contributed by atoms with Crippen molar-refractivity contribution in [2.24, 2.45) is 0 Å². The van der Waals surface area contributed by atoms with Crippen molar-refractivity contribution in [1.82, 2.24) is 0 Å². The number of benzene rings is 1. The molecule has 1 heterocycles. The van der Waals surface area contributed by atoms with Gasteiger partial charge in [0, 0.05) is 24.5 Å². The number of rotatable bonds is 5. The predicted molar refractivity (Wildman–Crippen MR) is 82.5 cm³/mol. The smallest absolute Gasteiger partial charge is 0.209 e. The molecule has 1 aromatic rings. The zero-order chi connectivity index (χ0) is 14.1. The molecule has 0 atom stereocenters. The van der Waals surface area contributed by atoms with Gasteiger partial charge in [0.2, 0.25) is 5.69 Å². The molecule has 1 aliphatic heterocycles. The summed E-state index contributed by atoms with van der Waals surface area (Å²) in [5.74, 6) is 0. The van der Waals surface area contributed by atoms with Crippen LogP contribution in [0.2, 0.25) is 0 Å². The summed E-state index contributed by atoms with van der Waals surface area (Å²) in [5.41, 5.74) is 3.04. The molecule has 0 N–H and O–H groups in total. The summed E-state index contributed by atoms with van der Waals surface area (Å²) < 4.78 is 3.51. The van der Waals surface area contributed by atoms with Gasteiger partial charge in [0.1, 0.15) is 6.54 Å². The Hall–Kier alpha value is -1.15. The monoisotopic (exact) mass is 260 g/mol. The van der Waals surface area contributed by atoms with Gasteiger partial charge < -0.3 is 4.48 Å². The lowest BCUT2D eigenvalue weighted by Crippen LogP contribution is -2.35. The van der Waals surface area contributed by atoms with Crippen LogP contribution < -0.4 is 0 Å². The first-order valence-electron chi connectivity index (χ1n) is 7.32. The number of quaternary nitrogens is 1. The number of nitrogens with zero attached hydrogens (tertiary/aromatic N) is 2. The highest BCUT2D eigenvalue weighted by Crippen LogP contribution is 2.35. The van der Waals surface area contributed by atoms with Crippen LogP contribution in [0, 0.1) is 0 Å². The van der Waals surface area contributed by atoms with E-state index in [9.17, 15) is 0 Å². The van der Waals surface area contributed by atoms with Crippen LogP contribution in [0.1, 0.15) is 32.3 Å². The van der Waals surface area contributed by atoms with Crippen LogP contribution in [-0.4, -0.2) is 49.5 Å². The molecule has 1 aliphatic rings. The van der Waals surface area contributed by atoms with Gasteiger partial charge in [0.25, 0.3) is 0 Å². The molecule has 1 aromatic carbocycles. The maximum absolute atomic E-state index is 2.45. The van der Waals surface area contributed by atoms with Crippen molar-refractivity contribution >= 4 is 11.9 Å². The number of unbranched alkanes of at least 4 members (excludes halogenated alkanes) is 1. The molecule has 2 heteroatoms. The molecule has 0 unspecified atom stereocenters. The first-order valence-corrected chi connectivity index (χ1v) is 7.32. The van der Waals surface area contributed by atoms with E-state index < -0.39 is 0 Å². The minimum atomic E-state index is 0.177. The molecule has 0 aromatic heterocycles. The highest BCUT2D eigenvalue weighted by atomic mass is 15.3. The molecule has 0 aliphatic carbocycles. The van der Waals surface area contributed by atoms with E-state index >= 15 is 0 Å². The highest BCUT2D eigenvalue weighted by Gasteiger charge is 2.36. The van der Waals surface area contributed by atoms with Gasteiger partial charge in [-0.25, -0.2) is 4.58 Å². The van der Waals surface area contributed by atoms with Crippen LogP contribution in [0.5, 0.6) is 0 Å². The predicted octanol–water partition coefficient (Wildman–Crippen LogP) is 3.18. The van der Waals surface area contributed by atoms with E-state index in [2.05, 4.69) is 70.0 Å². The van der Waals surface area contributed by atoms with Gasteiger partial charge in [-0.3, -0.25) is 0 Å². The second kappa shape index (κ2) is 5.09. The van der Waals surface area contributed by atoms with E-state index in [-0.39, 0.29) is 5.41 Å². The molecule has 0 radical (unpaired) electrons. The quantitative estimate of drug-likeness (QED) is 0.434. The Kier molecular flexibility index (Phi) is 3.82. The molecule has 2 nitrogen and oxygen atoms in total. The van der Waals surface area contributed by atoms with Crippen molar-refractivity contribution in [2.45, 2.75) is 32.1 Å². The van der Waals surface area contributed by atoms with Gasteiger partial charge in [-0.1, -0.05) is 18.2 Å². The molecule has 0 saturated heterocycles. The summed E-state index contributed by atoms with van der Waals surface area (Å²) >= 11 is 0. The number of hydrogen-bond donors (Lipinski definition) is 0. The summed E-state index contributed by atoms with van der Waals surface area (Å²) in [4.78, 5) is 0. The fourth-order valence-electron chi connectivity index (χ4n) is 2.85. The first-order chi connectivity index (χ1) is 8.80. The Morgan fingerprint density at radius 2 is 1.74 bits per heavy atom. The topological polar surface area (TPSA) is 3.01 Å². The molecule has 0 amide bonds. The third-order valence-corrected chi connectivity index (χ3v) is 3.86. The van der Waals surface area contributed by atoms with Crippen LogP contribution in [0.3, 0.4) is 0 Å². The summed E-state index contributed by atoms with van der Waals surface area (Å²) in [5, 5.41) is 0. The zero-order valence-electron chi connectivity index (χ0n) is 13.1. The van der Waals surface area contributed by atoms with Crippen molar-refractivity contribution in [3.63, 3.8) is 0 Å².